The van der Waals surface area contributed by atoms with Gasteiger partial charge in [0.15, 0.2) is 0 Å². The molecule has 0 saturated heterocycles. The normalized spacial score (nSPS) is 11.6. The third-order valence-corrected chi connectivity index (χ3v) is 2.99. The van der Waals surface area contributed by atoms with Crippen molar-refractivity contribution in [2.24, 2.45) is 10.2 Å². The van der Waals surface area contributed by atoms with Gasteiger partial charge in [-0.05, 0) is 36.4 Å². The number of nitrogens with zero attached hydrogens (tertiary/aromatic N) is 3. The van der Waals surface area contributed by atoms with Gasteiger partial charge in [0.2, 0.25) is 0 Å². The Morgan fingerprint density at radius 2 is 1.68 bits per heavy atom. The molecule has 0 heterocycles. The molecule has 0 bridgehead atoms. The number of carboxylic acid groups (broad SMARTS) is 1. The number of nitro groups is 1. The largest absolute Gasteiger partial charge is 0.477 e. The number of aromatic carboxylic acids is 1. The van der Waals surface area contributed by atoms with Gasteiger partial charge in [0.25, 0.3) is 5.69 Å². The molecule has 0 unspecified atom stereocenters. The van der Waals surface area contributed by atoms with Gasteiger partial charge in [-0.3, -0.25) is 10.1 Å². The highest BCUT2D eigenvalue weighted by Gasteiger charge is 2.41. The quantitative estimate of drug-likeness (QED) is 0.365. The molecule has 0 amide bonds. The minimum absolute atomic E-state index is 0.248. The number of halogens is 3. The van der Waals surface area contributed by atoms with E-state index in [1.165, 1.54) is 24.3 Å². The number of carboxylic acids is 1. The van der Waals surface area contributed by atoms with E-state index in [0.717, 1.165) is 0 Å². The average molecular weight is 354 g/mol. The molecule has 130 valence electrons. The Hall–Kier alpha value is -3.50. The van der Waals surface area contributed by atoms with Crippen LogP contribution in [0.1, 0.15) is 15.9 Å². The second-order valence-electron chi connectivity index (χ2n) is 4.74. The summed E-state index contributed by atoms with van der Waals surface area (Å²) in [7, 11) is 0. The molecular weight excluding hydrogens is 345 g/mol. The first-order chi connectivity index (χ1) is 11.6. The number of anilines is 1. The lowest BCUT2D eigenvalue weighted by molar-refractivity contribution is -0.388. The SMILES string of the molecule is Nc1ccc(/N=N/c2cc(C(=O)O)c([N+](=O)[O-])c(C(F)(F)F)c2)cc1. The van der Waals surface area contributed by atoms with E-state index < -0.39 is 39.6 Å². The molecule has 2 aromatic rings. The zero-order valence-electron chi connectivity index (χ0n) is 12.2. The van der Waals surface area contributed by atoms with Crippen LogP contribution in [0.5, 0.6) is 0 Å². The molecule has 3 N–H and O–H groups in total. The minimum atomic E-state index is -5.14. The van der Waals surface area contributed by atoms with Gasteiger partial charge in [-0.25, -0.2) is 4.79 Å². The van der Waals surface area contributed by atoms with Crippen molar-refractivity contribution < 1.29 is 28.0 Å². The Kier molecular flexibility index (Phi) is 4.68. The molecule has 0 aliphatic heterocycles. The second-order valence-corrected chi connectivity index (χ2v) is 4.74. The summed E-state index contributed by atoms with van der Waals surface area (Å²) in [6.45, 7) is 0. The Morgan fingerprint density at radius 3 is 2.16 bits per heavy atom. The van der Waals surface area contributed by atoms with Crippen LogP contribution in [-0.2, 0) is 6.18 Å². The first kappa shape index (κ1) is 17.8. The Morgan fingerprint density at radius 1 is 1.12 bits per heavy atom. The molecule has 2 aromatic carbocycles. The fourth-order valence-electron chi connectivity index (χ4n) is 1.91. The molecule has 11 heteroatoms. The summed E-state index contributed by atoms with van der Waals surface area (Å²) in [6, 6.07) is 6.85. The third-order valence-electron chi connectivity index (χ3n) is 2.99. The number of nitro benzene ring substituents is 1. The van der Waals surface area contributed by atoms with Gasteiger partial charge in [0.05, 0.1) is 16.3 Å². The summed E-state index contributed by atoms with van der Waals surface area (Å²) in [5, 5.41) is 27.1. The lowest BCUT2D eigenvalue weighted by Gasteiger charge is -2.10. The maximum atomic E-state index is 13.1. The predicted octanol–water partition coefficient (Wildman–Crippen LogP) is 4.31. The fraction of sp³-hybridized carbons (Fsp3) is 0.0714. The molecule has 2 rings (SSSR count). The Labute approximate surface area is 137 Å². The van der Waals surface area contributed by atoms with Gasteiger partial charge >= 0.3 is 12.1 Å². The van der Waals surface area contributed by atoms with Crippen LogP contribution in [0.25, 0.3) is 0 Å². The minimum Gasteiger partial charge on any atom is -0.477 e. The van der Waals surface area contributed by atoms with E-state index in [4.69, 9.17) is 10.8 Å². The van der Waals surface area contributed by atoms with Gasteiger partial charge in [0.1, 0.15) is 11.1 Å². The number of nitrogens with two attached hydrogens (primary N) is 1. The summed E-state index contributed by atoms with van der Waals surface area (Å²) in [6.07, 6.45) is -5.14. The maximum absolute atomic E-state index is 13.1. The zero-order chi connectivity index (χ0) is 18.8. The van der Waals surface area contributed by atoms with Crippen LogP contribution in [0.4, 0.5) is 35.9 Å². The van der Waals surface area contributed by atoms with Crippen molar-refractivity contribution in [3.63, 3.8) is 0 Å². The molecule has 25 heavy (non-hydrogen) atoms. The second kappa shape index (κ2) is 6.55. The number of hydrogen-bond acceptors (Lipinski definition) is 6. The van der Waals surface area contributed by atoms with E-state index in [9.17, 15) is 28.1 Å². The van der Waals surface area contributed by atoms with Crippen molar-refractivity contribution in [2.45, 2.75) is 6.18 Å². The van der Waals surface area contributed by atoms with Crippen LogP contribution in [0.15, 0.2) is 46.6 Å². The van der Waals surface area contributed by atoms with Crippen molar-refractivity contribution in [1.82, 2.24) is 0 Å². The van der Waals surface area contributed by atoms with Crippen molar-refractivity contribution >= 4 is 28.7 Å². The van der Waals surface area contributed by atoms with Crippen molar-refractivity contribution in [3.8, 4) is 0 Å². The number of carbonyl (C=O) groups is 1. The van der Waals surface area contributed by atoms with Crippen LogP contribution in [-0.4, -0.2) is 16.0 Å². The molecule has 0 fully saturated rings. The highest BCUT2D eigenvalue weighted by molar-refractivity contribution is 5.94. The molecule has 8 nitrogen and oxygen atoms in total. The molecule has 0 aromatic heterocycles. The van der Waals surface area contributed by atoms with Gasteiger partial charge in [-0.1, -0.05) is 0 Å². The lowest BCUT2D eigenvalue weighted by Crippen LogP contribution is -2.13. The van der Waals surface area contributed by atoms with Gasteiger partial charge in [-0.2, -0.15) is 23.4 Å². The molecule has 0 atom stereocenters. The molecule has 0 radical (unpaired) electrons. The van der Waals surface area contributed by atoms with E-state index in [1.807, 2.05) is 0 Å². The van der Waals surface area contributed by atoms with E-state index in [-0.39, 0.29) is 5.69 Å². The van der Waals surface area contributed by atoms with Crippen LogP contribution in [0, 0.1) is 10.1 Å². The van der Waals surface area contributed by atoms with Crippen LogP contribution < -0.4 is 5.73 Å². The summed E-state index contributed by atoms with van der Waals surface area (Å²) in [5.41, 5.74) is 1.26. The maximum Gasteiger partial charge on any atom is 0.423 e. The summed E-state index contributed by atoms with van der Waals surface area (Å²) >= 11 is 0. The highest BCUT2D eigenvalue weighted by atomic mass is 19.4. The molecular formula is C14H9F3N4O4. The third kappa shape index (κ3) is 4.07. The molecule has 0 aliphatic carbocycles. The van der Waals surface area contributed by atoms with E-state index >= 15 is 0 Å². The monoisotopic (exact) mass is 354 g/mol. The van der Waals surface area contributed by atoms with E-state index in [1.54, 1.807) is 0 Å². The number of hydrogen-bond donors (Lipinski definition) is 2. The van der Waals surface area contributed by atoms with E-state index in [2.05, 4.69) is 10.2 Å². The standard InChI is InChI=1S/C14H9F3N4O4/c15-14(16,17)11-6-9(5-10(13(22)23)12(11)21(24)25)20-19-8-3-1-7(18)2-4-8/h1-6H,18H2,(H,22,23)/b20-19+. The smallest absolute Gasteiger partial charge is 0.423 e. The van der Waals surface area contributed by atoms with Crippen LogP contribution in [0.3, 0.4) is 0 Å². The number of benzene rings is 2. The topological polar surface area (TPSA) is 131 Å². The summed E-state index contributed by atoms with van der Waals surface area (Å²) in [5.74, 6) is -1.89. The molecule has 0 spiro atoms. The number of azo groups is 1. The zero-order valence-corrected chi connectivity index (χ0v) is 12.2. The first-order valence-corrected chi connectivity index (χ1v) is 6.50. The first-order valence-electron chi connectivity index (χ1n) is 6.50. The van der Waals surface area contributed by atoms with E-state index in [0.29, 0.717) is 17.8 Å². The summed E-state index contributed by atoms with van der Waals surface area (Å²) in [4.78, 5) is 20.6. The average Bonchev–Trinajstić information content (AvgIpc) is 2.52. The summed E-state index contributed by atoms with van der Waals surface area (Å²) < 4.78 is 39.2. The fourth-order valence-corrected chi connectivity index (χ4v) is 1.91. The Balaban J connectivity index is 2.59. The van der Waals surface area contributed by atoms with Gasteiger partial charge in [-0.15, -0.1) is 0 Å². The van der Waals surface area contributed by atoms with Crippen LogP contribution >= 0.6 is 0 Å². The predicted molar refractivity (Wildman–Crippen MR) is 80.1 cm³/mol. The van der Waals surface area contributed by atoms with Crippen molar-refractivity contribution in [1.29, 1.82) is 0 Å². The number of nitrogen functional groups attached to an aromatic ring is 1. The van der Waals surface area contributed by atoms with Crippen LogP contribution in [0.2, 0.25) is 0 Å². The van der Waals surface area contributed by atoms with Gasteiger partial charge < -0.3 is 10.8 Å². The van der Waals surface area contributed by atoms with Crippen molar-refractivity contribution in [2.75, 3.05) is 5.73 Å². The number of alkyl halides is 3. The Bertz CT molecular complexity index is 864. The van der Waals surface area contributed by atoms with Crippen molar-refractivity contribution in [3.05, 3.63) is 57.6 Å². The van der Waals surface area contributed by atoms with Gasteiger partial charge in [0, 0.05) is 5.69 Å². The molecule has 0 aliphatic rings. The molecule has 0 saturated carbocycles. The highest BCUT2D eigenvalue weighted by Crippen LogP contribution is 2.41. The number of rotatable bonds is 4. The lowest BCUT2D eigenvalue weighted by atomic mass is 10.1.